The molecule has 2 heterocycles. The summed E-state index contributed by atoms with van der Waals surface area (Å²) >= 11 is 0. The van der Waals surface area contributed by atoms with Gasteiger partial charge in [-0.2, -0.15) is 0 Å². The number of methoxy groups -OCH3 is 1. The second kappa shape index (κ2) is 7.16. The Morgan fingerprint density at radius 2 is 2.08 bits per heavy atom. The van der Waals surface area contributed by atoms with Crippen molar-refractivity contribution < 1.29 is 24.4 Å². The maximum Gasteiger partial charge on any atom is 0.330 e. The summed E-state index contributed by atoms with van der Waals surface area (Å²) in [6.07, 6.45) is -2.57. The molecule has 1 aromatic heterocycles. The molecule has 9 heteroatoms. The second-order valence-corrected chi connectivity index (χ2v) is 6.46. The minimum absolute atomic E-state index is 0.139. The third-order valence-electron chi connectivity index (χ3n) is 4.09. The van der Waals surface area contributed by atoms with Gasteiger partial charge in [0.15, 0.2) is 6.23 Å². The number of aromatic nitrogens is 2. The summed E-state index contributed by atoms with van der Waals surface area (Å²) in [6.45, 7) is 4.88. The smallest absolute Gasteiger partial charge is 0.330 e. The summed E-state index contributed by atoms with van der Waals surface area (Å²) < 4.78 is 17.7. The average Bonchev–Trinajstić information content (AvgIpc) is 2.85. The molecule has 0 saturated carbocycles. The summed E-state index contributed by atoms with van der Waals surface area (Å²) in [5, 5.41) is 19.7. The monoisotopic (exact) mass is 344 g/mol. The Balaban J connectivity index is 2.33. The van der Waals surface area contributed by atoms with Gasteiger partial charge in [-0.25, -0.2) is 4.79 Å². The molecule has 0 aromatic carbocycles. The Kier molecular flexibility index (Phi) is 5.61. The molecule has 0 bridgehead atoms. The topological polar surface area (TPSA) is 123 Å². The maximum absolute atomic E-state index is 12.1. The van der Waals surface area contributed by atoms with E-state index in [1.54, 1.807) is 6.92 Å². The van der Waals surface area contributed by atoms with E-state index in [1.165, 1.54) is 13.3 Å². The molecule has 1 aromatic rings. The lowest BCUT2D eigenvalue weighted by atomic mass is 10.1. The average molecular weight is 344 g/mol. The number of hydrogen-bond acceptors (Lipinski definition) is 7. The molecule has 9 nitrogen and oxygen atoms in total. The molecular formula is C15H24N2O7. The molecule has 3 N–H and O–H groups in total. The van der Waals surface area contributed by atoms with Gasteiger partial charge in [0.2, 0.25) is 0 Å². The third-order valence-corrected chi connectivity index (χ3v) is 4.09. The molecule has 0 radical (unpaired) electrons. The van der Waals surface area contributed by atoms with Gasteiger partial charge in [-0.15, -0.1) is 0 Å². The molecule has 1 aliphatic heterocycles. The maximum atomic E-state index is 12.1. The molecule has 1 fully saturated rings. The summed E-state index contributed by atoms with van der Waals surface area (Å²) in [5.41, 5.74) is -1.46. The van der Waals surface area contributed by atoms with E-state index in [2.05, 4.69) is 4.98 Å². The number of H-pyrrole nitrogens is 1. The molecule has 2 rings (SSSR count). The van der Waals surface area contributed by atoms with Gasteiger partial charge in [0.1, 0.15) is 18.3 Å². The van der Waals surface area contributed by atoms with Crippen LogP contribution in [0.5, 0.6) is 0 Å². The van der Waals surface area contributed by atoms with Crippen molar-refractivity contribution in [1.82, 2.24) is 9.55 Å². The minimum atomic E-state index is -1.13. The van der Waals surface area contributed by atoms with Crippen molar-refractivity contribution in [3.63, 3.8) is 0 Å². The molecule has 1 aliphatic rings. The molecule has 0 aliphatic carbocycles. The first-order chi connectivity index (χ1) is 11.2. The van der Waals surface area contributed by atoms with Gasteiger partial charge in [-0.05, 0) is 20.8 Å². The van der Waals surface area contributed by atoms with E-state index in [0.717, 1.165) is 4.57 Å². The highest BCUT2D eigenvalue weighted by molar-refractivity contribution is 5.03. The van der Waals surface area contributed by atoms with Gasteiger partial charge < -0.3 is 24.4 Å². The Morgan fingerprint density at radius 1 is 1.42 bits per heavy atom. The normalized spacial score (nSPS) is 27.6. The quantitative estimate of drug-likeness (QED) is 0.599. The fourth-order valence-corrected chi connectivity index (χ4v) is 2.40. The Hall–Kier alpha value is -1.52. The predicted octanol–water partition coefficient (Wildman–Crippen LogP) is -1.09. The number of aryl methyl sites for hydroxylation is 1. The zero-order valence-electron chi connectivity index (χ0n) is 14.2. The van der Waals surface area contributed by atoms with E-state index < -0.39 is 48.0 Å². The van der Waals surface area contributed by atoms with Crippen LogP contribution in [-0.4, -0.2) is 64.0 Å². The van der Waals surface area contributed by atoms with Crippen molar-refractivity contribution in [2.24, 2.45) is 0 Å². The SMILES string of the molecule is COC(C)(C)COC1C(O)[C@@H](CO)O[C@H]1n1cc(C)c(=O)[nH]c1=O. The van der Waals surface area contributed by atoms with Crippen LogP contribution in [0.1, 0.15) is 25.6 Å². The number of rotatable bonds is 6. The first kappa shape index (κ1) is 18.8. The number of hydrogen-bond donors (Lipinski definition) is 3. The van der Waals surface area contributed by atoms with Crippen LogP contribution < -0.4 is 11.2 Å². The highest BCUT2D eigenvalue weighted by Gasteiger charge is 2.46. The molecule has 0 amide bonds. The van der Waals surface area contributed by atoms with Crippen molar-refractivity contribution in [3.8, 4) is 0 Å². The fraction of sp³-hybridized carbons (Fsp3) is 0.733. The van der Waals surface area contributed by atoms with E-state index >= 15 is 0 Å². The number of nitrogens with zero attached hydrogens (tertiary/aromatic N) is 1. The summed E-state index contributed by atoms with van der Waals surface area (Å²) in [6, 6.07) is 0. The van der Waals surface area contributed by atoms with Crippen LogP contribution in [0, 0.1) is 6.92 Å². The second-order valence-electron chi connectivity index (χ2n) is 6.46. The number of aromatic amines is 1. The van der Waals surface area contributed by atoms with Crippen molar-refractivity contribution in [1.29, 1.82) is 0 Å². The Morgan fingerprint density at radius 3 is 2.67 bits per heavy atom. The van der Waals surface area contributed by atoms with Gasteiger partial charge in [-0.3, -0.25) is 14.3 Å². The van der Waals surface area contributed by atoms with Crippen molar-refractivity contribution >= 4 is 0 Å². The molecule has 2 unspecified atom stereocenters. The third kappa shape index (κ3) is 3.76. The predicted molar refractivity (Wildman–Crippen MR) is 83.9 cm³/mol. The van der Waals surface area contributed by atoms with Gasteiger partial charge in [-0.1, -0.05) is 0 Å². The van der Waals surface area contributed by atoms with E-state index in [4.69, 9.17) is 14.2 Å². The lowest BCUT2D eigenvalue weighted by Crippen LogP contribution is -2.42. The van der Waals surface area contributed by atoms with E-state index in [0.29, 0.717) is 5.56 Å². The van der Waals surface area contributed by atoms with Crippen LogP contribution in [0.25, 0.3) is 0 Å². The zero-order valence-corrected chi connectivity index (χ0v) is 14.2. The standard InChI is InChI=1S/C15H24N2O7/c1-8-5-17(14(21)16-12(8)20)13-11(10(19)9(6-18)24-13)23-7-15(2,3)22-4/h5,9-11,13,18-19H,6-7H2,1-4H3,(H,16,20,21)/t9-,10?,11?,13-/m1/s1. The highest BCUT2D eigenvalue weighted by atomic mass is 16.6. The fourth-order valence-electron chi connectivity index (χ4n) is 2.40. The van der Waals surface area contributed by atoms with Gasteiger partial charge in [0.25, 0.3) is 5.56 Å². The molecule has 0 spiro atoms. The zero-order chi connectivity index (χ0) is 18.1. The number of ether oxygens (including phenoxy) is 3. The Bertz CT molecular complexity index is 681. The number of aliphatic hydroxyl groups is 2. The number of nitrogens with one attached hydrogen (secondary N) is 1. The lowest BCUT2D eigenvalue weighted by Gasteiger charge is -2.28. The molecular weight excluding hydrogens is 320 g/mol. The minimum Gasteiger partial charge on any atom is -0.394 e. The summed E-state index contributed by atoms with van der Waals surface area (Å²) in [7, 11) is 1.54. The van der Waals surface area contributed by atoms with Crippen molar-refractivity contribution in [3.05, 3.63) is 32.6 Å². The highest BCUT2D eigenvalue weighted by Crippen LogP contribution is 2.31. The van der Waals surface area contributed by atoms with Gasteiger partial charge >= 0.3 is 5.69 Å². The summed E-state index contributed by atoms with van der Waals surface area (Å²) in [4.78, 5) is 25.8. The van der Waals surface area contributed by atoms with E-state index in [-0.39, 0.29) is 6.61 Å². The van der Waals surface area contributed by atoms with Gasteiger partial charge in [0.05, 0.1) is 18.8 Å². The van der Waals surface area contributed by atoms with E-state index in [9.17, 15) is 19.8 Å². The first-order valence-electron chi connectivity index (χ1n) is 7.63. The lowest BCUT2D eigenvalue weighted by molar-refractivity contribution is -0.120. The van der Waals surface area contributed by atoms with Crippen molar-refractivity contribution in [2.75, 3.05) is 20.3 Å². The number of aliphatic hydroxyl groups excluding tert-OH is 2. The first-order valence-corrected chi connectivity index (χ1v) is 7.63. The van der Waals surface area contributed by atoms with Gasteiger partial charge in [0, 0.05) is 18.9 Å². The molecule has 4 atom stereocenters. The Labute approximate surface area is 138 Å². The molecule has 136 valence electrons. The van der Waals surface area contributed by atoms with Crippen LogP contribution in [0.15, 0.2) is 15.8 Å². The molecule has 1 saturated heterocycles. The van der Waals surface area contributed by atoms with Crippen LogP contribution in [-0.2, 0) is 14.2 Å². The van der Waals surface area contributed by atoms with Crippen LogP contribution >= 0.6 is 0 Å². The van der Waals surface area contributed by atoms with Crippen LogP contribution in [0.4, 0.5) is 0 Å². The largest absolute Gasteiger partial charge is 0.394 e. The van der Waals surface area contributed by atoms with Crippen LogP contribution in [0.3, 0.4) is 0 Å². The molecule has 24 heavy (non-hydrogen) atoms. The van der Waals surface area contributed by atoms with Crippen molar-refractivity contribution in [2.45, 2.75) is 50.9 Å². The van der Waals surface area contributed by atoms with E-state index in [1.807, 2.05) is 13.8 Å². The van der Waals surface area contributed by atoms with Crippen LogP contribution in [0.2, 0.25) is 0 Å². The summed E-state index contributed by atoms with van der Waals surface area (Å²) in [5.74, 6) is 0.